The number of rotatable bonds is 4. The molecule has 3 nitrogen and oxygen atoms in total. The van der Waals surface area contributed by atoms with Gasteiger partial charge in [0.25, 0.3) is 0 Å². The highest BCUT2D eigenvalue weighted by Gasteiger charge is 2.33. The van der Waals surface area contributed by atoms with Crippen LogP contribution in [0.2, 0.25) is 0 Å². The Kier molecular flexibility index (Phi) is 5.59. The van der Waals surface area contributed by atoms with Crippen LogP contribution in [0.5, 0.6) is 5.75 Å². The maximum absolute atomic E-state index is 14.4. The molecule has 5 rings (SSSR count). The quantitative estimate of drug-likeness (QED) is 0.369. The number of allylic oxidation sites excluding steroid dienone is 1. The van der Waals surface area contributed by atoms with E-state index in [0.717, 1.165) is 41.7 Å². The number of ether oxygens (including phenoxy) is 2. The first kappa shape index (κ1) is 22.1. The van der Waals surface area contributed by atoms with Crippen LogP contribution in [-0.4, -0.2) is 12.3 Å². The van der Waals surface area contributed by atoms with Gasteiger partial charge in [-0.1, -0.05) is 42.5 Å². The Balaban J connectivity index is 1.44. The topological polar surface area (TPSA) is 30.8 Å². The first-order valence-corrected chi connectivity index (χ1v) is 10.7. The zero-order valence-electron chi connectivity index (χ0n) is 17.7. The normalized spacial score (nSPS) is 17.8. The maximum Gasteiger partial charge on any atom is 0.573 e. The van der Waals surface area contributed by atoms with Crippen LogP contribution in [-0.2, 0) is 4.74 Å². The van der Waals surface area contributed by atoms with E-state index in [0.29, 0.717) is 17.7 Å². The number of nitrogens with zero attached hydrogens (tertiary/aromatic N) is 1. The molecule has 0 saturated heterocycles. The molecule has 1 aliphatic carbocycles. The van der Waals surface area contributed by atoms with E-state index in [4.69, 9.17) is 4.74 Å². The van der Waals surface area contributed by atoms with E-state index in [1.165, 1.54) is 18.2 Å². The molecule has 0 saturated carbocycles. The van der Waals surface area contributed by atoms with Gasteiger partial charge in [0.1, 0.15) is 34.7 Å². The minimum Gasteiger partial charge on any atom is -0.443 e. The summed E-state index contributed by atoms with van der Waals surface area (Å²) in [5.41, 5.74) is 3.03. The van der Waals surface area contributed by atoms with Gasteiger partial charge < -0.3 is 9.47 Å². The SMILES string of the molecule is Fc1cccc(F)c1C1=NC(c2ccc(-c3ccc(OC(F)(F)F)cc3)cc2)C2=C(CCC2)O1. The molecule has 1 unspecified atom stereocenters. The summed E-state index contributed by atoms with van der Waals surface area (Å²) in [4.78, 5) is 4.57. The van der Waals surface area contributed by atoms with Gasteiger partial charge in [-0.25, -0.2) is 13.8 Å². The molecule has 1 heterocycles. The summed E-state index contributed by atoms with van der Waals surface area (Å²) >= 11 is 0. The summed E-state index contributed by atoms with van der Waals surface area (Å²) in [6, 6.07) is 16.1. The number of benzene rings is 3. The third-order valence-electron chi connectivity index (χ3n) is 5.83. The fraction of sp³-hybridized carbons (Fsp3) is 0.192. The molecule has 3 aromatic rings. The number of halogens is 5. The van der Waals surface area contributed by atoms with Crippen LogP contribution in [0.25, 0.3) is 11.1 Å². The van der Waals surface area contributed by atoms with E-state index >= 15 is 0 Å². The van der Waals surface area contributed by atoms with Crippen molar-refractivity contribution in [1.82, 2.24) is 0 Å². The third kappa shape index (κ3) is 4.40. The van der Waals surface area contributed by atoms with E-state index in [1.54, 1.807) is 12.1 Å². The van der Waals surface area contributed by atoms with E-state index in [9.17, 15) is 22.0 Å². The zero-order valence-corrected chi connectivity index (χ0v) is 17.7. The number of hydrogen-bond acceptors (Lipinski definition) is 3. The lowest BCUT2D eigenvalue weighted by Gasteiger charge is -2.24. The van der Waals surface area contributed by atoms with Crippen molar-refractivity contribution in [3.8, 4) is 16.9 Å². The highest BCUT2D eigenvalue weighted by molar-refractivity contribution is 5.96. The minimum atomic E-state index is -4.74. The standard InChI is InChI=1S/C26H18F5NO2/c27-20-4-2-5-21(28)23(20)25-32-24(19-3-1-6-22(19)33-25)17-9-7-15(8-10-17)16-11-13-18(14-12-16)34-26(29,30)31/h2,4-5,7-14,24H,1,3,6H2. The van der Waals surface area contributed by atoms with E-state index in [1.807, 2.05) is 24.3 Å². The Morgan fingerprint density at radius 3 is 2.06 bits per heavy atom. The number of alkyl halides is 3. The average Bonchev–Trinajstić information content (AvgIpc) is 3.27. The lowest BCUT2D eigenvalue weighted by molar-refractivity contribution is -0.274. The molecular weight excluding hydrogens is 453 g/mol. The number of aliphatic imine (C=N–C) groups is 1. The van der Waals surface area contributed by atoms with Crippen molar-refractivity contribution in [3.63, 3.8) is 0 Å². The van der Waals surface area contributed by atoms with Crippen molar-refractivity contribution >= 4 is 5.90 Å². The van der Waals surface area contributed by atoms with Gasteiger partial charge in [0.2, 0.25) is 5.90 Å². The highest BCUT2D eigenvalue weighted by Crippen LogP contribution is 2.42. The van der Waals surface area contributed by atoms with Crippen LogP contribution in [0.4, 0.5) is 22.0 Å². The molecule has 3 aromatic carbocycles. The molecule has 8 heteroatoms. The summed E-state index contributed by atoms with van der Waals surface area (Å²) < 4.78 is 75.6. The molecule has 0 bridgehead atoms. The van der Waals surface area contributed by atoms with E-state index in [-0.39, 0.29) is 17.2 Å². The monoisotopic (exact) mass is 471 g/mol. The summed E-state index contributed by atoms with van der Waals surface area (Å²) in [5.74, 6) is -1.16. The fourth-order valence-electron chi connectivity index (χ4n) is 4.28. The van der Waals surface area contributed by atoms with E-state index < -0.39 is 24.0 Å². The highest BCUT2D eigenvalue weighted by atomic mass is 19.4. The first-order valence-electron chi connectivity index (χ1n) is 10.7. The molecule has 0 fully saturated rings. The van der Waals surface area contributed by atoms with Crippen LogP contribution in [0.3, 0.4) is 0 Å². The van der Waals surface area contributed by atoms with Gasteiger partial charge in [0.05, 0.1) is 0 Å². The second-order valence-electron chi connectivity index (χ2n) is 8.03. The molecule has 0 radical (unpaired) electrons. The predicted octanol–water partition coefficient (Wildman–Crippen LogP) is 7.49. The van der Waals surface area contributed by atoms with Gasteiger partial charge in [-0.3, -0.25) is 0 Å². The van der Waals surface area contributed by atoms with Gasteiger partial charge in [-0.15, -0.1) is 13.2 Å². The fourth-order valence-corrected chi connectivity index (χ4v) is 4.28. The summed E-state index contributed by atoms with van der Waals surface area (Å²) in [6.45, 7) is 0. The zero-order chi connectivity index (χ0) is 23.9. The molecule has 0 N–H and O–H groups in total. The van der Waals surface area contributed by atoms with Crippen LogP contribution < -0.4 is 4.74 Å². The average molecular weight is 471 g/mol. The van der Waals surface area contributed by atoms with Crippen LogP contribution in [0.15, 0.2) is 83.1 Å². The second-order valence-corrected chi connectivity index (χ2v) is 8.03. The van der Waals surface area contributed by atoms with E-state index in [2.05, 4.69) is 9.73 Å². The molecule has 0 spiro atoms. The van der Waals surface area contributed by atoms with Crippen molar-refractivity contribution in [2.24, 2.45) is 4.99 Å². The van der Waals surface area contributed by atoms with Crippen molar-refractivity contribution < 1.29 is 31.4 Å². The van der Waals surface area contributed by atoms with Gasteiger partial charge in [-0.05, 0) is 59.4 Å². The first-order chi connectivity index (χ1) is 16.3. The van der Waals surface area contributed by atoms with Gasteiger partial charge in [0.15, 0.2) is 0 Å². The molecule has 0 aromatic heterocycles. The Bertz CT molecular complexity index is 1260. The van der Waals surface area contributed by atoms with Gasteiger partial charge in [0, 0.05) is 6.42 Å². The molecule has 2 aliphatic rings. The Morgan fingerprint density at radius 1 is 0.824 bits per heavy atom. The van der Waals surface area contributed by atoms with Crippen molar-refractivity contribution in [2.75, 3.05) is 0 Å². The summed E-state index contributed by atoms with van der Waals surface area (Å²) in [5, 5.41) is 0. The molecular formula is C26H18F5NO2. The van der Waals surface area contributed by atoms with Crippen molar-refractivity contribution in [3.05, 3.63) is 101 Å². The maximum atomic E-state index is 14.4. The van der Waals surface area contributed by atoms with Crippen molar-refractivity contribution in [1.29, 1.82) is 0 Å². The molecule has 174 valence electrons. The Hall–Kier alpha value is -3.68. The summed E-state index contributed by atoms with van der Waals surface area (Å²) in [6.07, 6.45) is -2.43. The molecule has 34 heavy (non-hydrogen) atoms. The van der Waals surface area contributed by atoms with Crippen LogP contribution in [0, 0.1) is 11.6 Å². The second kappa shape index (κ2) is 8.59. The van der Waals surface area contributed by atoms with Crippen molar-refractivity contribution in [2.45, 2.75) is 31.7 Å². The molecule has 1 atom stereocenters. The third-order valence-corrected chi connectivity index (χ3v) is 5.83. The lowest BCUT2D eigenvalue weighted by atomic mass is 9.95. The molecule has 0 amide bonds. The largest absolute Gasteiger partial charge is 0.573 e. The van der Waals surface area contributed by atoms with Gasteiger partial charge in [-0.2, -0.15) is 0 Å². The molecule has 1 aliphatic heterocycles. The minimum absolute atomic E-state index is 0.0782. The lowest BCUT2D eigenvalue weighted by Crippen LogP contribution is -2.18. The Morgan fingerprint density at radius 2 is 1.44 bits per heavy atom. The Labute approximate surface area is 192 Å². The van der Waals surface area contributed by atoms with Crippen LogP contribution in [0.1, 0.15) is 36.4 Å². The summed E-state index contributed by atoms with van der Waals surface area (Å²) in [7, 11) is 0. The van der Waals surface area contributed by atoms with Crippen LogP contribution >= 0.6 is 0 Å². The number of hydrogen-bond donors (Lipinski definition) is 0. The van der Waals surface area contributed by atoms with Gasteiger partial charge >= 0.3 is 6.36 Å². The predicted molar refractivity (Wildman–Crippen MR) is 116 cm³/mol. The smallest absolute Gasteiger partial charge is 0.443 e.